The second kappa shape index (κ2) is 13.4. The molecule has 1 N–H and O–H groups in total. The van der Waals surface area contributed by atoms with E-state index in [1.165, 1.54) is 0 Å². The fourth-order valence-electron chi connectivity index (χ4n) is 8.33. The maximum Gasteiger partial charge on any atom is 0.238 e. The van der Waals surface area contributed by atoms with Crippen LogP contribution in [0.1, 0.15) is 22.3 Å². The van der Waals surface area contributed by atoms with Crippen molar-refractivity contribution in [2.45, 2.75) is 5.41 Å². The highest BCUT2D eigenvalue weighted by Crippen LogP contribution is 2.59. The van der Waals surface area contributed by atoms with Crippen LogP contribution in [0, 0.1) is 0 Å². The summed E-state index contributed by atoms with van der Waals surface area (Å²) >= 11 is 0. The van der Waals surface area contributed by atoms with Gasteiger partial charge in [0.15, 0.2) is 7.14 Å². The Hall–Kier alpha value is -5.62. The molecule has 0 saturated carbocycles. The molecule has 2 nitrogen and oxygen atoms in total. The molecule has 0 amide bonds. The quantitative estimate of drug-likeness (QED) is 0.159. The van der Waals surface area contributed by atoms with Crippen LogP contribution in [0.3, 0.4) is 0 Å². The van der Waals surface area contributed by atoms with Gasteiger partial charge in [-0.2, -0.15) is 0 Å². The Morgan fingerprint density at radius 2 is 0.755 bits per heavy atom. The molecule has 0 radical (unpaired) electrons. The number of hydrogen-bond donors (Lipinski definition) is 1. The normalized spacial score (nSPS) is 13.2. The van der Waals surface area contributed by atoms with Crippen LogP contribution in [0.2, 0.25) is 0 Å². The molecule has 0 aliphatic heterocycles. The van der Waals surface area contributed by atoms with Crippen molar-refractivity contribution in [2.75, 3.05) is 0 Å². The van der Waals surface area contributed by atoms with E-state index >= 15 is 4.57 Å². The van der Waals surface area contributed by atoms with Gasteiger partial charge in [0, 0.05) is 15.9 Å². The van der Waals surface area contributed by atoms with E-state index in [2.05, 4.69) is 97.1 Å². The largest absolute Gasteiger partial charge is 0.309 e. The Balaban J connectivity index is 1.38. The van der Waals surface area contributed by atoms with E-state index in [4.69, 9.17) is 0 Å². The van der Waals surface area contributed by atoms with Gasteiger partial charge >= 0.3 is 0 Å². The van der Waals surface area contributed by atoms with Crippen molar-refractivity contribution >= 4 is 46.5 Å². The molecule has 9 rings (SSSR count). The van der Waals surface area contributed by atoms with Gasteiger partial charge in [-0.15, -0.1) is 0 Å². The summed E-state index contributed by atoms with van der Waals surface area (Å²) in [5, 5.41) is 5.03. The second-order valence-corrected chi connectivity index (χ2v) is 19.1. The highest BCUT2D eigenvalue weighted by atomic mass is 31.2. The molecule has 53 heavy (non-hydrogen) atoms. The summed E-state index contributed by atoms with van der Waals surface area (Å²) in [4.78, 5) is 13.1. The van der Waals surface area contributed by atoms with E-state index in [1.54, 1.807) is 0 Å². The molecule has 0 saturated heterocycles. The van der Waals surface area contributed by atoms with Crippen LogP contribution < -0.4 is 31.8 Å². The third kappa shape index (κ3) is 5.21. The smallest absolute Gasteiger partial charge is 0.238 e. The van der Waals surface area contributed by atoms with Crippen molar-refractivity contribution in [3.8, 4) is 11.1 Å². The predicted molar refractivity (Wildman–Crippen MR) is 224 cm³/mol. The van der Waals surface area contributed by atoms with E-state index in [9.17, 15) is 4.89 Å². The maximum atomic E-state index is 15.8. The zero-order valence-electron chi connectivity index (χ0n) is 29.0. The number of benzene rings is 8. The van der Waals surface area contributed by atoms with Crippen molar-refractivity contribution in [1.29, 1.82) is 0 Å². The Bertz CT molecular complexity index is 2450. The molecular weight excluding hydrogens is 682 g/mol. The minimum atomic E-state index is -3.29. The van der Waals surface area contributed by atoms with Crippen LogP contribution in [0.4, 0.5) is 0 Å². The van der Waals surface area contributed by atoms with Gasteiger partial charge in [-0.25, -0.2) is 4.89 Å². The van der Waals surface area contributed by atoms with E-state index in [-0.39, 0.29) is 0 Å². The molecule has 8 aromatic rings. The Morgan fingerprint density at radius 1 is 0.377 bits per heavy atom. The standard InChI is InChI=1S/C49H37O2P2/c50-52(39-23-11-3-12-24-39,40-25-13-4-14-26-40)43-31-33-47-45(35-43)46-36-44(53(51,41-27-15-5-16-28-41)42-29-17-6-18-30-42)32-34-48(46)49(47,37-19-7-1-8-20-37)38-21-9-2-10-22-38/h1-36,50H/q+1. The molecule has 254 valence electrons. The molecule has 0 fully saturated rings. The lowest BCUT2D eigenvalue weighted by Gasteiger charge is -2.34. The SMILES string of the molecule is O=P(c1ccccc1)(c1ccccc1)c1ccc2c(c1)-c1cc([P+](O)(c3ccccc3)c3ccccc3)ccc1C2(c1ccccc1)c1ccccc1. The summed E-state index contributed by atoms with van der Waals surface area (Å²) in [5.74, 6) is 0. The predicted octanol–water partition coefficient (Wildman–Crippen LogP) is 8.89. The molecule has 4 heteroatoms. The fourth-order valence-corrected chi connectivity index (χ4v) is 13.7. The molecular formula is C49H37O2P2+. The first-order valence-electron chi connectivity index (χ1n) is 17.9. The Kier molecular flexibility index (Phi) is 8.41. The summed E-state index contributed by atoms with van der Waals surface area (Å²) in [6.45, 7) is 0. The van der Waals surface area contributed by atoms with Gasteiger partial charge in [-0.1, -0.05) is 176 Å². The van der Waals surface area contributed by atoms with Gasteiger partial charge in [0.05, 0.1) is 5.41 Å². The van der Waals surface area contributed by atoms with E-state index < -0.39 is 20.0 Å². The monoisotopic (exact) mass is 719 g/mol. The van der Waals surface area contributed by atoms with Crippen LogP contribution in [-0.2, 0) is 9.98 Å². The average Bonchev–Trinajstić information content (AvgIpc) is 3.55. The van der Waals surface area contributed by atoms with Crippen molar-refractivity contribution in [1.82, 2.24) is 0 Å². The lowest BCUT2D eigenvalue weighted by molar-refractivity contribution is 0.592. The van der Waals surface area contributed by atoms with Crippen LogP contribution >= 0.6 is 14.6 Å². The number of hydrogen-bond acceptors (Lipinski definition) is 2. The lowest BCUT2D eigenvalue weighted by Crippen LogP contribution is -2.32. The minimum Gasteiger partial charge on any atom is -0.309 e. The summed E-state index contributed by atoms with van der Waals surface area (Å²) in [6.07, 6.45) is 0. The molecule has 1 aliphatic carbocycles. The zero-order valence-corrected chi connectivity index (χ0v) is 30.8. The first-order valence-corrected chi connectivity index (χ1v) is 21.4. The van der Waals surface area contributed by atoms with Crippen molar-refractivity contribution in [3.63, 3.8) is 0 Å². The second-order valence-electron chi connectivity index (χ2n) is 13.5. The molecule has 0 spiro atoms. The molecule has 0 atom stereocenters. The maximum absolute atomic E-state index is 15.8. The molecule has 0 aromatic heterocycles. The van der Waals surface area contributed by atoms with E-state index in [1.807, 2.05) is 121 Å². The van der Waals surface area contributed by atoms with E-state index in [0.29, 0.717) is 0 Å². The van der Waals surface area contributed by atoms with Gasteiger partial charge in [-0.05, 0) is 75.8 Å². The fraction of sp³-hybridized carbons (Fsp3) is 0.0204. The summed E-state index contributed by atoms with van der Waals surface area (Å²) in [7, 11) is -6.34. The highest BCUT2D eigenvalue weighted by molar-refractivity contribution is 7.91. The number of fused-ring (bicyclic) bond motifs is 3. The first kappa shape index (κ1) is 33.2. The third-order valence-corrected chi connectivity index (χ3v) is 16.9. The lowest BCUT2D eigenvalue weighted by atomic mass is 9.68. The van der Waals surface area contributed by atoms with Crippen molar-refractivity contribution in [3.05, 3.63) is 241 Å². The van der Waals surface area contributed by atoms with Crippen LogP contribution in [0.15, 0.2) is 218 Å². The van der Waals surface area contributed by atoms with Crippen molar-refractivity contribution < 1.29 is 9.46 Å². The molecule has 8 aromatic carbocycles. The molecule has 1 aliphatic rings. The summed E-state index contributed by atoms with van der Waals surface area (Å²) in [5.41, 5.74) is 5.96. The Labute approximate surface area is 311 Å². The third-order valence-electron chi connectivity index (χ3n) is 10.8. The zero-order chi connectivity index (χ0) is 35.9. The molecule has 0 heterocycles. The van der Waals surface area contributed by atoms with E-state index in [0.717, 1.165) is 65.2 Å². The van der Waals surface area contributed by atoms with Gasteiger partial charge in [-0.3, -0.25) is 0 Å². The van der Waals surface area contributed by atoms with Gasteiger partial charge in [0.1, 0.15) is 15.9 Å². The van der Waals surface area contributed by atoms with Crippen LogP contribution in [0.5, 0.6) is 0 Å². The molecule has 0 bridgehead atoms. The van der Waals surface area contributed by atoms with Crippen molar-refractivity contribution in [2.24, 2.45) is 0 Å². The van der Waals surface area contributed by atoms with Gasteiger partial charge in [0.2, 0.25) is 7.49 Å². The van der Waals surface area contributed by atoms with Gasteiger partial charge < -0.3 is 4.57 Å². The van der Waals surface area contributed by atoms with Gasteiger partial charge in [0.25, 0.3) is 0 Å². The highest BCUT2D eigenvalue weighted by Gasteiger charge is 2.50. The topological polar surface area (TPSA) is 37.3 Å². The summed E-state index contributed by atoms with van der Waals surface area (Å²) in [6, 6.07) is 74.3. The minimum absolute atomic E-state index is 0.649. The average molecular weight is 720 g/mol. The number of rotatable bonds is 8. The Morgan fingerprint density at radius 3 is 1.21 bits per heavy atom. The van der Waals surface area contributed by atoms with Crippen LogP contribution in [-0.4, -0.2) is 4.89 Å². The first-order chi connectivity index (χ1) is 26.1. The summed E-state index contributed by atoms with van der Waals surface area (Å²) < 4.78 is 15.8. The molecule has 0 unspecified atom stereocenters. The van der Waals surface area contributed by atoms with Crippen LogP contribution in [0.25, 0.3) is 11.1 Å².